The molecular formula is C24H23ClN2O3S. The predicted octanol–water partition coefficient (Wildman–Crippen LogP) is 5.37. The van der Waals surface area contributed by atoms with E-state index in [0.717, 1.165) is 16.3 Å². The number of aryl methyl sites for hydroxylation is 1. The second-order valence-electron chi connectivity index (χ2n) is 7.69. The number of aromatic nitrogens is 1. The highest BCUT2D eigenvalue weighted by molar-refractivity contribution is 7.13. The first kappa shape index (κ1) is 21.5. The molecule has 0 unspecified atom stereocenters. The van der Waals surface area contributed by atoms with E-state index in [2.05, 4.69) is 24.0 Å². The highest BCUT2D eigenvalue weighted by atomic mass is 35.5. The van der Waals surface area contributed by atoms with Crippen LogP contribution in [0.1, 0.15) is 34.5 Å². The number of hydrogen-bond acceptors (Lipinski definition) is 5. The number of rotatable bonds is 5. The van der Waals surface area contributed by atoms with Crippen molar-refractivity contribution in [3.63, 3.8) is 0 Å². The first-order valence-electron chi connectivity index (χ1n) is 10.2. The molecule has 0 radical (unpaired) electrons. The molecule has 0 N–H and O–H groups in total. The minimum absolute atomic E-state index is 0.0328. The Hall–Kier alpha value is -2.70. The summed E-state index contributed by atoms with van der Waals surface area (Å²) in [6.45, 7) is 3.30. The maximum atomic E-state index is 12.6. The van der Waals surface area contributed by atoms with Crippen molar-refractivity contribution in [2.45, 2.75) is 26.4 Å². The zero-order valence-electron chi connectivity index (χ0n) is 17.2. The maximum absolute atomic E-state index is 12.6. The smallest absolute Gasteiger partial charge is 0.309 e. The summed E-state index contributed by atoms with van der Waals surface area (Å²) in [4.78, 5) is 31.5. The Kier molecular flexibility index (Phi) is 6.68. The quantitative estimate of drug-likeness (QED) is 0.486. The Morgan fingerprint density at radius 2 is 1.77 bits per heavy atom. The van der Waals surface area contributed by atoms with E-state index in [1.165, 1.54) is 5.56 Å². The van der Waals surface area contributed by atoms with Gasteiger partial charge >= 0.3 is 5.97 Å². The third-order valence-corrected chi connectivity index (χ3v) is 6.61. The standard InChI is InChI=1S/C24H23ClN2O3S/c1-16-2-4-17(5-3-16)22-26-21(15-31-22)14-30-24(29)19-10-12-27(13-11-19)23(28)18-6-8-20(25)9-7-18/h2-9,15,19H,10-14H2,1H3. The van der Waals surface area contributed by atoms with Crippen LogP contribution in [0.3, 0.4) is 0 Å². The summed E-state index contributed by atoms with van der Waals surface area (Å²) in [6, 6.07) is 15.1. The molecule has 1 aliphatic rings. The molecule has 1 saturated heterocycles. The maximum Gasteiger partial charge on any atom is 0.309 e. The molecule has 1 amide bonds. The molecule has 2 heterocycles. The van der Waals surface area contributed by atoms with Crippen molar-refractivity contribution in [1.82, 2.24) is 9.88 Å². The molecule has 3 aromatic rings. The van der Waals surface area contributed by atoms with Gasteiger partial charge < -0.3 is 9.64 Å². The van der Waals surface area contributed by atoms with Gasteiger partial charge in [0.2, 0.25) is 0 Å². The molecule has 1 fully saturated rings. The number of amides is 1. The molecule has 31 heavy (non-hydrogen) atoms. The third-order valence-electron chi connectivity index (χ3n) is 5.42. The average Bonchev–Trinajstić information content (AvgIpc) is 3.27. The van der Waals surface area contributed by atoms with Crippen LogP contribution in [0, 0.1) is 12.8 Å². The second kappa shape index (κ2) is 9.62. The summed E-state index contributed by atoms with van der Waals surface area (Å²) in [5.41, 5.74) is 3.63. The first-order chi connectivity index (χ1) is 15.0. The number of carbonyl (C=O) groups excluding carboxylic acids is 2. The normalized spacial score (nSPS) is 14.5. The monoisotopic (exact) mass is 454 g/mol. The average molecular weight is 455 g/mol. The Bertz CT molecular complexity index is 1060. The molecular weight excluding hydrogens is 432 g/mol. The Morgan fingerprint density at radius 3 is 2.45 bits per heavy atom. The number of nitrogens with zero attached hydrogens (tertiary/aromatic N) is 2. The number of carbonyl (C=O) groups is 2. The van der Waals surface area contributed by atoms with Gasteiger partial charge in [0, 0.05) is 34.6 Å². The van der Waals surface area contributed by atoms with Crippen LogP contribution >= 0.6 is 22.9 Å². The molecule has 0 saturated carbocycles. The lowest BCUT2D eigenvalue weighted by Crippen LogP contribution is -2.40. The highest BCUT2D eigenvalue weighted by Crippen LogP contribution is 2.25. The summed E-state index contributed by atoms with van der Waals surface area (Å²) in [6.07, 6.45) is 1.20. The van der Waals surface area contributed by atoms with Gasteiger partial charge in [-0.25, -0.2) is 4.98 Å². The molecule has 1 aliphatic heterocycles. The Balaban J connectivity index is 1.26. The van der Waals surface area contributed by atoms with Crippen molar-refractivity contribution < 1.29 is 14.3 Å². The molecule has 0 aliphatic carbocycles. The number of ether oxygens (including phenoxy) is 1. The molecule has 0 bridgehead atoms. The Labute approximate surface area is 190 Å². The number of piperidine rings is 1. The van der Waals surface area contributed by atoms with Crippen LogP contribution in [-0.2, 0) is 16.1 Å². The van der Waals surface area contributed by atoms with Crippen LogP contribution in [0.4, 0.5) is 0 Å². The van der Waals surface area contributed by atoms with Gasteiger partial charge in [-0.1, -0.05) is 41.4 Å². The lowest BCUT2D eigenvalue weighted by atomic mass is 9.96. The summed E-state index contributed by atoms with van der Waals surface area (Å²) in [7, 11) is 0. The van der Waals surface area contributed by atoms with E-state index in [1.807, 2.05) is 17.5 Å². The number of benzene rings is 2. The van der Waals surface area contributed by atoms with E-state index < -0.39 is 0 Å². The van der Waals surface area contributed by atoms with Gasteiger partial charge in [-0.05, 0) is 44.0 Å². The fraction of sp³-hybridized carbons (Fsp3) is 0.292. The van der Waals surface area contributed by atoms with Crippen LogP contribution in [-0.4, -0.2) is 34.8 Å². The zero-order valence-corrected chi connectivity index (χ0v) is 18.8. The summed E-state index contributed by atoms with van der Waals surface area (Å²) in [5, 5.41) is 3.44. The second-order valence-corrected chi connectivity index (χ2v) is 8.99. The van der Waals surface area contributed by atoms with E-state index in [-0.39, 0.29) is 24.4 Å². The van der Waals surface area contributed by atoms with Crippen molar-refractivity contribution >= 4 is 34.8 Å². The summed E-state index contributed by atoms with van der Waals surface area (Å²) >= 11 is 7.43. The molecule has 5 nitrogen and oxygen atoms in total. The van der Waals surface area contributed by atoms with Gasteiger partial charge in [-0.2, -0.15) is 0 Å². The third kappa shape index (κ3) is 5.32. The first-order valence-corrected chi connectivity index (χ1v) is 11.5. The van der Waals surface area contributed by atoms with E-state index >= 15 is 0 Å². The fourth-order valence-electron chi connectivity index (χ4n) is 3.56. The molecule has 2 aromatic carbocycles. The van der Waals surface area contributed by atoms with Crippen molar-refractivity contribution in [3.8, 4) is 10.6 Å². The molecule has 0 atom stereocenters. The number of esters is 1. The van der Waals surface area contributed by atoms with Gasteiger partial charge in [0.05, 0.1) is 11.6 Å². The molecule has 160 valence electrons. The summed E-state index contributed by atoms with van der Waals surface area (Å²) < 4.78 is 5.52. The van der Waals surface area contributed by atoms with E-state index in [1.54, 1.807) is 40.5 Å². The van der Waals surface area contributed by atoms with Gasteiger partial charge in [0.1, 0.15) is 11.6 Å². The van der Waals surface area contributed by atoms with Crippen LogP contribution in [0.5, 0.6) is 0 Å². The van der Waals surface area contributed by atoms with E-state index in [4.69, 9.17) is 16.3 Å². The van der Waals surface area contributed by atoms with Gasteiger partial charge in [-0.3, -0.25) is 9.59 Å². The molecule has 4 rings (SSSR count). The van der Waals surface area contributed by atoms with Crippen molar-refractivity contribution in [3.05, 3.63) is 75.8 Å². The number of halogens is 1. The predicted molar refractivity (Wildman–Crippen MR) is 122 cm³/mol. The minimum Gasteiger partial charge on any atom is -0.459 e. The van der Waals surface area contributed by atoms with Gasteiger partial charge in [-0.15, -0.1) is 11.3 Å². The number of hydrogen-bond donors (Lipinski definition) is 0. The lowest BCUT2D eigenvalue weighted by Gasteiger charge is -2.31. The fourth-order valence-corrected chi connectivity index (χ4v) is 4.49. The molecule has 0 spiro atoms. The van der Waals surface area contributed by atoms with Crippen LogP contribution in [0.15, 0.2) is 53.9 Å². The molecule has 1 aromatic heterocycles. The molecule has 7 heteroatoms. The van der Waals surface area contributed by atoms with E-state index in [9.17, 15) is 9.59 Å². The van der Waals surface area contributed by atoms with Crippen molar-refractivity contribution in [2.24, 2.45) is 5.92 Å². The Morgan fingerprint density at radius 1 is 1.10 bits per heavy atom. The summed E-state index contributed by atoms with van der Waals surface area (Å²) in [5.74, 6) is -0.442. The largest absolute Gasteiger partial charge is 0.459 e. The highest BCUT2D eigenvalue weighted by Gasteiger charge is 2.29. The van der Waals surface area contributed by atoms with Crippen molar-refractivity contribution in [2.75, 3.05) is 13.1 Å². The van der Waals surface area contributed by atoms with Gasteiger partial charge in [0.15, 0.2) is 0 Å². The lowest BCUT2D eigenvalue weighted by molar-refractivity contribution is -0.151. The van der Waals surface area contributed by atoms with E-state index in [0.29, 0.717) is 36.5 Å². The SMILES string of the molecule is Cc1ccc(-c2nc(COC(=O)C3CCN(C(=O)c4ccc(Cl)cc4)CC3)cs2)cc1. The van der Waals surface area contributed by atoms with Crippen molar-refractivity contribution in [1.29, 1.82) is 0 Å². The topological polar surface area (TPSA) is 59.5 Å². The van der Waals surface area contributed by atoms with Gasteiger partial charge in [0.25, 0.3) is 5.91 Å². The van der Waals surface area contributed by atoms with Crippen LogP contribution < -0.4 is 0 Å². The number of likely N-dealkylation sites (tertiary alicyclic amines) is 1. The van der Waals surface area contributed by atoms with Crippen LogP contribution in [0.25, 0.3) is 10.6 Å². The van der Waals surface area contributed by atoms with Crippen LogP contribution in [0.2, 0.25) is 5.02 Å². The minimum atomic E-state index is -0.219. The zero-order chi connectivity index (χ0) is 21.8. The number of thiazole rings is 1.